The summed E-state index contributed by atoms with van der Waals surface area (Å²) in [5, 5.41) is 2.91. The van der Waals surface area contributed by atoms with E-state index in [0.29, 0.717) is 0 Å². The van der Waals surface area contributed by atoms with Crippen LogP contribution in [-0.4, -0.2) is 54.1 Å². The molecule has 224 valence electrons. The first kappa shape index (κ1) is 28.9. The summed E-state index contributed by atoms with van der Waals surface area (Å²) in [7, 11) is 0. The molecule has 6 rings (SSSR count). The van der Waals surface area contributed by atoms with Gasteiger partial charge in [0.25, 0.3) is 0 Å². The lowest BCUT2D eigenvalue weighted by molar-refractivity contribution is -0.155. The number of likely N-dealkylation sites (tertiary alicyclic amines) is 1. The van der Waals surface area contributed by atoms with E-state index in [1.165, 1.54) is 4.90 Å². The monoisotopic (exact) mass is 581 g/mol. The molecule has 8 heteroatoms. The molecule has 1 saturated carbocycles. The molecular weight excluding hydrogens is 542 g/mol. The van der Waals surface area contributed by atoms with Crippen LogP contribution >= 0.6 is 0 Å². The van der Waals surface area contributed by atoms with Crippen LogP contribution in [0.15, 0.2) is 78.9 Å². The van der Waals surface area contributed by atoms with Crippen molar-refractivity contribution in [3.05, 3.63) is 95.6 Å². The van der Waals surface area contributed by atoms with Gasteiger partial charge < -0.3 is 25.4 Å². The summed E-state index contributed by atoms with van der Waals surface area (Å²) in [4.78, 5) is 41.5. The molecule has 3 aromatic carbocycles. The standard InChI is InChI=1S/C35H39N3O5/c36-32(24-13-5-2-6-14-24)33(39)38-20-25(19-31(38)34(40)42-21-23-11-3-1-4-12-23)37-35(41)43-22-30-28-17-9-7-15-26(28)27-16-8-10-18-29(27)30/h1,3-4,7-12,15-18,24-25,30-32H,2,5-6,13-14,19-22,36H2,(H,37,41)/t25-,31-,32?/m0/s1. The van der Waals surface area contributed by atoms with Crippen LogP contribution in [0.5, 0.6) is 0 Å². The van der Waals surface area contributed by atoms with E-state index in [-0.39, 0.29) is 43.9 Å². The molecule has 1 heterocycles. The van der Waals surface area contributed by atoms with Gasteiger partial charge in [0.1, 0.15) is 19.3 Å². The van der Waals surface area contributed by atoms with E-state index in [4.69, 9.17) is 15.2 Å². The Bertz CT molecular complexity index is 1410. The Morgan fingerprint density at radius 2 is 1.47 bits per heavy atom. The van der Waals surface area contributed by atoms with Gasteiger partial charge in [0, 0.05) is 18.9 Å². The number of nitrogens with two attached hydrogens (primary N) is 1. The van der Waals surface area contributed by atoms with Crippen LogP contribution in [0.2, 0.25) is 0 Å². The predicted octanol–water partition coefficient (Wildman–Crippen LogP) is 5.15. The summed E-state index contributed by atoms with van der Waals surface area (Å²) in [6, 6.07) is 23.8. The van der Waals surface area contributed by atoms with E-state index in [1.54, 1.807) is 0 Å². The molecule has 2 fully saturated rings. The first-order valence-electron chi connectivity index (χ1n) is 15.4. The third-order valence-electron chi connectivity index (χ3n) is 9.19. The Morgan fingerprint density at radius 1 is 0.837 bits per heavy atom. The fourth-order valence-corrected chi connectivity index (χ4v) is 6.93. The van der Waals surface area contributed by atoms with E-state index in [2.05, 4.69) is 29.6 Å². The van der Waals surface area contributed by atoms with Gasteiger partial charge in [0.2, 0.25) is 5.91 Å². The smallest absolute Gasteiger partial charge is 0.407 e. The lowest BCUT2D eigenvalue weighted by atomic mass is 9.83. The van der Waals surface area contributed by atoms with E-state index >= 15 is 0 Å². The van der Waals surface area contributed by atoms with E-state index in [9.17, 15) is 14.4 Å². The Labute approximate surface area is 252 Å². The molecule has 0 radical (unpaired) electrons. The zero-order valence-corrected chi connectivity index (χ0v) is 24.3. The number of hydrogen-bond acceptors (Lipinski definition) is 6. The van der Waals surface area contributed by atoms with Crippen molar-refractivity contribution >= 4 is 18.0 Å². The molecule has 8 nitrogen and oxygen atoms in total. The van der Waals surface area contributed by atoms with Crippen LogP contribution < -0.4 is 11.1 Å². The maximum Gasteiger partial charge on any atom is 0.407 e. The fraction of sp³-hybridized carbons (Fsp3) is 0.400. The van der Waals surface area contributed by atoms with Crippen LogP contribution in [0.4, 0.5) is 4.79 Å². The van der Waals surface area contributed by atoms with Gasteiger partial charge in [0.05, 0.1) is 12.1 Å². The molecule has 43 heavy (non-hydrogen) atoms. The van der Waals surface area contributed by atoms with Gasteiger partial charge in [-0.3, -0.25) is 4.79 Å². The number of benzene rings is 3. The minimum atomic E-state index is -0.829. The number of amides is 2. The zero-order chi connectivity index (χ0) is 29.8. The van der Waals surface area contributed by atoms with Gasteiger partial charge in [0.15, 0.2) is 0 Å². The minimum Gasteiger partial charge on any atom is -0.459 e. The number of carbonyl (C=O) groups is 3. The van der Waals surface area contributed by atoms with Gasteiger partial charge in [-0.25, -0.2) is 9.59 Å². The molecule has 1 saturated heterocycles. The average Bonchev–Trinajstić information content (AvgIpc) is 3.62. The number of alkyl carbamates (subject to hydrolysis) is 1. The summed E-state index contributed by atoms with van der Waals surface area (Å²) in [6.07, 6.45) is 4.74. The number of carbonyl (C=O) groups excluding carboxylic acids is 3. The number of nitrogens with zero attached hydrogens (tertiary/aromatic N) is 1. The molecule has 0 spiro atoms. The summed E-state index contributed by atoms with van der Waals surface area (Å²) < 4.78 is 11.4. The van der Waals surface area contributed by atoms with Crippen molar-refractivity contribution in [1.29, 1.82) is 0 Å². The molecule has 1 aliphatic heterocycles. The average molecular weight is 582 g/mol. The third kappa shape index (κ3) is 6.30. The van der Waals surface area contributed by atoms with Crippen molar-refractivity contribution in [1.82, 2.24) is 10.2 Å². The number of fused-ring (bicyclic) bond motifs is 3. The van der Waals surface area contributed by atoms with Crippen molar-refractivity contribution in [2.45, 2.75) is 69.2 Å². The molecular formula is C35H39N3O5. The molecule has 3 aromatic rings. The first-order chi connectivity index (χ1) is 21.0. The number of ether oxygens (including phenoxy) is 2. The fourth-order valence-electron chi connectivity index (χ4n) is 6.93. The highest BCUT2D eigenvalue weighted by Crippen LogP contribution is 2.44. The van der Waals surface area contributed by atoms with Gasteiger partial charge in [-0.2, -0.15) is 0 Å². The molecule has 0 aromatic heterocycles. The van der Waals surface area contributed by atoms with Crippen molar-refractivity contribution in [2.24, 2.45) is 11.7 Å². The predicted molar refractivity (Wildman–Crippen MR) is 163 cm³/mol. The van der Waals surface area contributed by atoms with Crippen LogP contribution in [0.25, 0.3) is 11.1 Å². The second-order valence-corrected chi connectivity index (χ2v) is 11.9. The summed E-state index contributed by atoms with van der Waals surface area (Å²) >= 11 is 0. The molecule has 3 aliphatic rings. The van der Waals surface area contributed by atoms with E-state index in [0.717, 1.165) is 59.9 Å². The number of esters is 1. The molecule has 0 bridgehead atoms. The second-order valence-electron chi connectivity index (χ2n) is 11.9. The van der Waals surface area contributed by atoms with E-state index < -0.39 is 30.2 Å². The highest BCUT2D eigenvalue weighted by Gasteiger charge is 2.44. The highest BCUT2D eigenvalue weighted by molar-refractivity contribution is 5.88. The SMILES string of the molecule is NC(C(=O)N1C[C@@H](NC(=O)OCC2c3ccccc3-c3ccccc32)C[C@H]1C(=O)OCc1ccccc1)C1CCCCC1. The largest absolute Gasteiger partial charge is 0.459 e. The highest BCUT2D eigenvalue weighted by atomic mass is 16.5. The first-order valence-corrected chi connectivity index (χ1v) is 15.4. The molecule has 3 atom stereocenters. The van der Waals surface area contributed by atoms with Crippen LogP contribution in [-0.2, 0) is 25.7 Å². The van der Waals surface area contributed by atoms with Gasteiger partial charge >= 0.3 is 12.1 Å². The summed E-state index contributed by atoms with van der Waals surface area (Å²) in [5.41, 5.74) is 11.9. The van der Waals surface area contributed by atoms with Crippen LogP contribution in [0, 0.1) is 5.92 Å². The van der Waals surface area contributed by atoms with Crippen molar-refractivity contribution in [3.63, 3.8) is 0 Å². The van der Waals surface area contributed by atoms with Crippen LogP contribution in [0.1, 0.15) is 61.1 Å². The Balaban J connectivity index is 1.11. The maximum absolute atomic E-state index is 13.6. The van der Waals surface area contributed by atoms with E-state index in [1.807, 2.05) is 54.6 Å². The summed E-state index contributed by atoms with van der Waals surface area (Å²) in [6.45, 7) is 0.468. The number of nitrogens with one attached hydrogen (secondary N) is 1. The van der Waals surface area contributed by atoms with Crippen molar-refractivity contribution in [3.8, 4) is 11.1 Å². The molecule has 3 N–H and O–H groups in total. The van der Waals surface area contributed by atoms with Gasteiger partial charge in [-0.1, -0.05) is 98.1 Å². The Hall–Kier alpha value is -4.17. The molecule has 2 aliphatic carbocycles. The maximum atomic E-state index is 13.6. The normalized spacial score (nSPS) is 20.6. The van der Waals surface area contributed by atoms with Gasteiger partial charge in [-0.05, 0) is 46.6 Å². The lowest BCUT2D eigenvalue weighted by Crippen LogP contribution is -2.52. The molecule has 2 amide bonds. The Kier molecular flexibility index (Phi) is 8.74. The Morgan fingerprint density at radius 3 is 2.14 bits per heavy atom. The number of hydrogen-bond donors (Lipinski definition) is 2. The number of rotatable bonds is 8. The minimum absolute atomic E-state index is 0.0611. The second kappa shape index (κ2) is 13.0. The quantitative estimate of drug-likeness (QED) is 0.356. The molecule has 1 unspecified atom stereocenters. The summed E-state index contributed by atoms with van der Waals surface area (Å²) in [5.74, 6) is -0.722. The zero-order valence-electron chi connectivity index (χ0n) is 24.3. The lowest BCUT2D eigenvalue weighted by Gasteiger charge is -2.31. The third-order valence-corrected chi connectivity index (χ3v) is 9.19. The van der Waals surface area contributed by atoms with Crippen molar-refractivity contribution in [2.75, 3.05) is 13.2 Å². The van der Waals surface area contributed by atoms with Crippen molar-refractivity contribution < 1.29 is 23.9 Å². The topological polar surface area (TPSA) is 111 Å². The van der Waals surface area contributed by atoms with Gasteiger partial charge in [-0.15, -0.1) is 0 Å². The van der Waals surface area contributed by atoms with Crippen LogP contribution in [0.3, 0.4) is 0 Å².